The Morgan fingerprint density at radius 1 is 1.14 bits per heavy atom. The number of hydrazine groups is 1. The van der Waals surface area contributed by atoms with Gasteiger partial charge in [-0.05, 0) is 30.7 Å². The van der Waals surface area contributed by atoms with Crippen LogP contribution >= 0.6 is 0 Å². The topological polar surface area (TPSA) is 38.0 Å². The molecular formula is C19H32N2. The van der Waals surface area contributed by atoms with Crippen molar-refractivity contribution >= 4 is 0 Å². The minimum atomic E-state index is 0.232. The summed E-state index contributed by atoms with van der Waals surface area (Å²) in [5, 5.41) is 0. The van der Waals surface area contributed by atoms with Gasteiger partial charge in [-0.1, -0.05) is 76.3 Å². The van der Waals surface area contributed by atoms with Crippen LogP contribution in [0.25, 0.3) is 0 Å². The van der Waals surface area contributed by atoms with Gasteiger partial charge in [0.25, 0.3) is 0 Å². The summed E-state index contributed by atoms with van der Waals surface area (Å²) in [4.78, 5) is 0. The smallest absolute Gasteiger partial charge is 0.0309 e. The van der Waals surface area contributed by atoms with E-state index in [1.54, 1.807) is 0 Å². The molecule has 0 aliphatic heterocycles. The Morgan fingerprint density at radius 2 is 1.81 bits per heavy atom. The van der Waals surface area contributed by atoms with Crippen LogP contribution in [0.5, 0.6) is 0 Å². The molecule has 0 saturated heterocycles. The molecule has 118 valence electrons. The molecule has 2 unspecified atom stereocenters. The van der Waals surface area contributed by atoms with Crippen LogP contribution in [0.2, 0.25) is 0 Å². The van der Waals surface area contributed by atoms with Crippen LogP contribution in [-0.4, -0.2) is 6.04 Å². The highest BCUT2D eigenvalue weighted by Gasteiger charge is 2.41. The molecule has 1 aliphatic carbocycles. The van der Waals surface area contributed by atoms with Gasteiger partial charge in [-0.3, -0.25) is 11.3 Å². The molecule has 1 fully saturated rings. The minimum absolute atomic E-state index is 0.232. The van der Waals surface area contributed by atoms with Crippen molar-refractivity contribution in [3.8, 4) is 0 Å². The lowest BCUT2D eigenvalue weighted by atomic mass is 9.63. The van der Waals surface area contributed by atoms with Crippen molar-refractivity contribution < 1.29 is 0 Å². The molecule has 0 bridgehead atoms. The quantitative estimate of drug-likeness (QED) is 0.571. The molecule has 21 heavy (non-hydrogen) atoms. The number of rotatable bonds is 7. The largest absolute Gasteiger partial charge is 0.271 e. The molecular weight excluding hydrogens is 256 g/mol. The number of benzene rings is 1. The summed E-state index contributed by atoms with van der Waals surface area (Å²) in [5.74, 6) is 6.76. The Hall–Kier alpha value is -0.860. The van der Waals surface area contributed by atoms with Crippen LogP contribution < -0.4 is 11.3 Å². The van der Waals surface area contributed by atoms with Gasteiger partial charge in [0.15, 0.2) is 0 Å². The zero-order chi connectivity index (χ0) is 15.1. The van der Waals surface area contributed by atoms with Gasteiger partial charge in [0, 0.05) is 11.5 Å². The maximum Gasteiger partial charge on any atom is 0.0309 e. The van der Waals surface area contributed by atoms with Crippen LogP contribution in [0.3, 0.4) is 0 Å². The van der Waals surface area contributed by atoms with Crippen LogP contribution in [0.4, 0.5) is 0 Å². The van der Waals surface area contributed by atoms with Crippen molar-refractivity contribution in [2.24, 2.45) is 11.8 Å². The predicted octanol–water partition coefficient (Wildman–Crippen LogP) is 4.55. The lowest BCUT2D eigenvalue weighted by molar-refractivity contribution is 0.186. The van der Waals surface area contributed by atoms with Gasteiger partial charge < -0.3 is 0 Å². The van der Waals surface area contributed by atoms with Gasteiger partial charge in [-0.25, -0.2) is 0 Å². The summed E-state index contributed by atoms with van der Waals surface area (Å²) in [6.45, 7) is 4.64. The third kappa shape index (κ3) is 3.87. The average molecular weight is 288 g/mol. The van der Waals surface area contributed by atoms with Crippen LogP contribution in [0.15, 0.2) is 30.3 Å². The zero-order valence-corrected chi connectivity index (χ0v) is 13.8. The second kappa shape index (κ2) is 7.95. The van der Waals surface area contributed by atoms with Crippen molar-refractivity contribution in [1.29, 1.82) is 0 Å². The van der Waals surface area contributed by atoms with Crippen molar-refractivity contribution in [2.75, 3.05) is 0 Å². The van der Waals surface area contributed by atoms with Gasteiger partial charge >= 0.3 is 0 Å². The fourth-order valence-corrected chi connectivity index (χ4v) is 4.26. The lowest BCUT2D eigenvalue weighted by Gasteiger charge is -2.45. The van der Waals surface area contributed by atoms with Crippen molar-refractivity contribution in [2.45, 2.75) is 76.7 Å². The molecule has 2 nitrogen and oxygen atoms in total. The normalized spacial score (nSPS) is 20.9. The molecule has 0 amide bonds. The van der Waals surface area contributed by atoms with Gasteiger partial charge in [-0.2, -0.15) is 0 Å². The Morgan fingerprint density at radius 3 is 2.38 bits per heavy atom. The molecule has 2 atom stereocenters. The molecule has 1 saturated carbocycles. The fourth-order valence-electron chi connectivity index (χ4n) is 4.26. The Balaban J connectivity index is 2.25. The van der Waals surface area contributed by atoms with Gasteiger partial charge in [-0.15, -0.1) is 0 Å². The molecule has 1 aromatic rings. The highest BCUT2D eigenvalue weighted by Crippen LogP contribution is 2.43. The molecule has 0 aromatic heterocycles. The third-order valence-electron chi connectivity index (χ3n) is 5.38. The van der Waals surface area contributed by atoms with Crippen molar-refractivity contribution in [3.05, 3.63) is 35.9 Å². The van der Waals surface area contributed by atoms with Crippen LogP contribution in [0, 0.1) is 5.92 Å². The standard InChI is InChI=1S/C19H32N2/c1-3-10-16(2)15-18(21-20)19(13-8-5-9-14-19)17-11-6-4-7-12-17/h4,6-7,11-12,16,18,21H,3,5,8-10,13-15,20H2,1-2H3. The zero-order valence-electron chi connectivity index (χ0n) is 13.8. The number of nitrogens with one attached hydrogen (secondary N) is 1. The summed E-state index contributed by atoms with van der Waals surface area (Å²) >= 11 is 0. The monoisotopic (exact) mass is 288 g/mol. The summed E-state index contributed by atoms with van der Waals surface area (Å²) in [6, 6.07) is 11.5. The summed E-state index contributed by atoms with van der Waals surface area (Å²) in [7, 11) is 0. The maximum absolute atomic E-state index is 6.02. The summed E-state index contributed by atoms with van der Waals surface area (Å²) in [6.07, 6.45) is 10.3. The number of nitrogens with two attached hydrogens (primary N) is 1. The number of hydrogen-bond donors (Lipinski definition) is 2. The van der Waals surface area contributed by atoms with Crippen LogP contribution in [0.1, 0.15) is 70.8 Å². The van der Waals surface area contributed by atoms with Crippen molar-refractivity contribution in [1.82, 2.24) is 5.43 Å². The van der Waals surface area contributed by atoms with E-state index in [9.17, 15) is 0 Å². The molecule has 1 aliphatic rings. The fraction of sp³-hybridized carbons (Fsp3) is 0.684. The van der Waals surface area contributed by atoms with E-state index in [4.69, 9.17) is 5.84 Å². The van der Waals surface area contributed by atoms with Gasteiger partial charge in [0.2, 0.25) is 0 Å². The molecule has 0 radical (unpaired) electrons. The Labute approximate surface area is 130 Å². The first-order valence-corrected chi connectivity index (χ1v) is 8.74. The summed E-state index contributed by atoms with van der Waals surface area (Å²) in [5.41, 5.74) is 4.92. The van der Waals surface area contributed by atoms with Gasteiger partial charge in [0.1, 0.15) is 0 Å². The molecule has 2 heteroatoms. The lowest BCUT2D eigenvalue weighted by Crippen LogP contribution is -2.53. The van der Waals surface area contributed by atoms with Crippen LogP contribution in [-0.2, 0) is 5.41 Å². The van der Waals surface area contributed by atoms with E-state index in [-0.39, 0.29) is 5.41 Å². The minimum Gasteiger partial charge on any atom is -0.271 e. The first-order valence-electron chi connectivity index (χ1n) is 8.74. The predicted molar refractivity (Wildman–Crippen MR) is 91.0 cm³/mol. The van der Waals surface area contributed by atoms with E-state index in [0.717, 1.165) is 5.92 Å². The second-order valence-electron chi connectivity index (χ2n) is 6.93. The second-order valence-corrected chi connectivity index (χ2v) is 6.93. The van der Waals surface area contributed by atoms with E-state index in [0.29, 0.717) is 6.04 Å². The SMILES string of the molecule is CCCC(C)CC(NN)C1(c2ccccc2)CCCCC1. The van der Waals surface area contributed by atoms with E-state index in [2.05, 4.69) is 49.6 Å². The van der Waals surface area contributed by atoms with Crippen molar-refractivity contribution in [3.63, 3.8) is 0 Å². The molecule has 1 aromatic carbocycles. The van der Waals surface area contributed by atoms with Gasteiger partial charge in [0.05, 0.1) is 0 Å². The molecule has 3 N–H and O–H groups in total. The van der Waals surface area contributed by atoms with E-state index in [1.807, 2.05) is 0 Å². The Bertz CT molecular complexity index is 395. The molecule has 2 rings (SSSR count). The first kappa shape index (κ1) is 16.5. The summed E-state index contributed by atoms with van der Waals surface area (Å²) < 4.78 is 0. The molecule has 0 spiro atoms. The van der Waals surface area contributed by atoms with E-state index < -0.39 is 0 Å². The van der Waals surface area contributed by atoms with E-state index in [1.165, 1.54) is 56.9 Å². The molecule has 0 heterocycles. The average Bonchev–Trinajstić information content (AvgIpc) is 2.54. The van der Waals surface area contributed by atoms with E-state index >= 15 is 0 Å². The highest BCUT2D eigenvalue weighted by atomic mass is 15.2. The third-order valence-corrected chi connectivity index (χ3v) is 5.38. The maximum atomic E-state index is 6.02. The highest BCUT2D eigenvalue weighted by molar-refractivity contribution is 5.28. The Kier molecular flexibility index (Phi) is 6.25. The number of hydrogen-bond acceptors (Lipinski definition) is 2. The first-order chi connectivity index (χ1) is 10.2.